The molecule has 0 saturated carbocycles. The summed E-state index contributed by atoms with van der Waals surface area (Å²) in [5, 5.41) is 9.95. The fourth-order valence-electron chi connectivity index (χ4n) is 1.85. The minimum absolute atomic E-state index is 0.00942. The predicted octanol–water partition coefficient (Wildman–Crippen LogP) is 1.91. The maximum atomic E-state index is 11.5. The van der Waals surface area contributed by atoms with E-state index < -0.39 is 11.6 Å². The van der Waals surface area contributed by atoms with Crippen molar-refractivity contribution in [2.75, 3.05) is 0 Å². The van der Waals surface area contributed by atoms with Gasteiger partial charge in [-0.05, 0) is 19.1 Å². The molecule has 0 bridgehead atoms. The highest BCUT2D eigenvalue weighted by atomic mass is 16.5. The summed E-state index contributed by atoms with van der Waals surface area (Å²) in [4.78, 5) is 33.7. The van der Waals surface area contributed by atoms with Crippen LogP contribution in [-0.4, -0.2) is 16.9 Å². The van der Waals surface area contributed by atoms with E-state index in [1.165, 1.54) is 25.1 Å². The van der Waals surface area contributed by atoms with Gasteiger partial charge < -0.3 is 19.1 Å². The first-order valence-electron chi connectivity index (χ1n) is 6.36. The molecule has 0 unspecified atom stereocenters. The Hall–Kier alpha value is -2.63. The summed E-state index contributed by atoms with van der Waals surface area (Å²) in [6.45, 7) is 1.30. The summed E-state index contributed by atoms with van der Waals surface area (Å²) in [7, 11) is 0. The molecule has 0 aliphatic carbocycles. The molecule has 6 nitrogen and oxygen atoms in total. The number of fused-ring (bicyclic) bond motifs is 1. The summed E-state index contributed by atoms with van der Waals surface area (Å²) in [6, 6.07) is 5.57. The van der Waals surface area contributed by atoms with Gasteiger partial charge in [0.25, 0.3) is 0 Å². The molecule has 0 radical (unpaired) electrons. The second-order valence-corrected chi connectivity index (χ2v) is 4.63. The Bertz CT molecular complexity index is 743. The van der Waals surface area contributed by atoms with E-state index in [1.54, 1.807) is 6.07 Å². The molecule has 0 spiro atoms. The van der Waals surface area contributed by atoms with Crippen LogP contribution in [0.3, 0.4) is 0 Å². The second kappa shape index (κ2) is 6.21. The van der Waals surface area contributed by atoms with Crippen molar-refractivity contribution in [3.63, 3.8) is 0 Å². The van der Waals surface area contributed by atoms with E-state index in [0.29, 0.717) is 10.9 Å². The van der Waals surface area contributed by atoms with Gasteiger partial charge in [0.15, 0.2) is 0 Å². The second-order valence-electron chi connectivity index (χ2n) is 4.63. The van der Waals surface area contributed by atoms with Gasteiger partial charge in [0.05, 0.1) is 6.42 Å². The van der Waals surface area contributed by atoms with E-state index in [9.17, 15) is 19.5 Å². The lowest BCUT2D eigenvalue weighted by Gasteiger charge is -2.07. The first-order chi connectivity index (χ1) is 9.95. The predicted molar refractivity (Wildman–Crippen MR) is 73.9 cm³/mol. The van der Waals surface area contributed by atoms with Crippen LogP contribution in [0.1, 0.15) is 25.3 Å². The Morgan fingerprint density at radius 2 is 2.00 bits per heavy atom. The number of carbonyl (C=O) groups excluding carboxylic acids is 2. The minimum Gasteiger partial charge on any atom is -0.508 e. The number of ketones is 1. The van der Waals surface area contributed by atoms with Crippen LogP contribution in [0.2, 0.25) is 0 Å². The zero-order valence-electron chi connectivity index (χ0n) is 11.4. The standard InChI is InChI=1S/C15H14O6/c1-9(16)2-5-14(18)20-8-10-6-15(19)21-13-7-11(17)3-4-12(10)13/h3-4,6-7,17H,2,5,8H2,1H3. The number of benzene rings is 1. The van der Waals surface area contributed by atoms with Crippen molar-refractivity contribution in [1.82, 2.24) is 0 Å². The molecule has 0 atom stereocenters. The SMILES string of the molecule is CC(=O)CCC(=O)OCc1cc(=O)oc2cc(O)ccc12. The van der Waals surface area contributed by atoms with Crippen LogP contribution in [0.15, 0.2) is 33.5 Å². The van der Waals surface area contributed by atoms with E-state index in [0.717, 1.165) is 0 Å². The first-order valence-corrected chi connectivity index (χ1v) is 6.36. The molecule has 0 aliphatic heterocycles. The van der Waals surface area contributed by atoms with Crippen LogP contribution in [0.25, 0.3) is 11.0 Å². The van der Waals surface area contributed by atoms with E-state index in [-0.39, 0.29) is 36.6 Å². The Morgan fingerprint density at radius 3 is 2.71 bits per heavy atom. The monoisotopic (exact) mass is 290 g/mol. The smallest absolute Gasteiger partial charge is 0.336 e. The Balaban J connectivity index is 2.16. The third-order valence-corrected chi connectivity index (χ3v) is 2.88. The largest absolute Gasteiger partial charge is 0.508 e. The van der Waals surface area contributed by atoms with Gasteiger partial charge in [-0.3, -0.25) is 4.79 Å². The van der Waals surface area contributed by atoms with Crippen LogP contribution in [0.5, 0.6) is 5.75 Å². The van der Waals surface area contributed by atoms with Crippen LogP contribution in [-0.2, 0) is 20.9 Å². The van der Waals surface area contributed by atoms with E-state index in [1.807, 2.05) is 0 Å². The molecule has 6 heteroatoms. The average molecular weight is 290 g/mol. The van der Waals surface area contributed by atoms with Gasteiger partial charge in [0.1, 0.15) is 23.7 Å². The number of phenols is 1. The number of ether oxygens (including phenoxy) is 1. The van der Waals surface area contributed by atoms with Crippen molar-refractivity contribution in [1.29, 1.82) is 0 Å². The zero-order chi connectivity index (χ0) is 15.4. The van der Waals surface area contributed by atoms with Crippen molar-refractivity contribution >= 4 is 22.7 Å². The third kappa shape index (κ3) is 3.92. The van der Waals surface area contributed by atoms with Gasteiger partial charge >= 0.3 is 11.6 Å². The third-order valence-electron chi connectivity index (χ3n) is 2.88. The number of Topliss-reactive ketones (excluding diaryl/α,β-unsaturated/α-hetero) is 1. The minimum atomic E-state index is -0.595. The number of hydrogen-bond donors (Lipinski definition) is 1. The molecule has 0 amide bonds. The van der Waals surface area contributed by atoms with Gasteiger partial charge in [0, 0.05) is 29.5 Å². The van der Waals surface area contributed by atoms with Crippen LogP contribution in [0.4, 0.5) is 0 Å². The fraction of sp³-hybridized carbons (Fsp3) is 0.267. The maximum absolute atomic E-state index is 11.5. The zero-order valence-corrected chi connectivity index (χ0v) is 11.4. The molecule has 110 valence electrons. The van der Waals surface area contributed by atoms with Crippen molar-refractivity contribution in [2.24, 2.45) is 0 Å². The van der Waals surface area contributed by atoms with Crippen LogP contribution in [0, 0.1) is 0 Å². The highest BCUT2D eigenvalue weighted by molar-refractivity contribution is 5.82. The normalized spacial score (nSPS) is 10.5. The van der Waals surface area contributed by atoms with Crippen molar-refractivity contribution < 1.29 is 23.8 Å². The molecule has 0 aliphatic rings. The number of rotatable bonds is 5. The Kier molecular flexibility index (Phi) is 4.37. The first kappa shape index (κ1) is 14.8. The molecule has 21 heavy (non-hydrogen) atoms. The fourth-order valence-corrected chi connectivity index (χ4v) is 1.85. The lowest BCUT2D eigenvalue weighted by Crippen LogP contribution is -2.08. The van der Waals surface area contributed by atoms with Crippen LogP contribution >= 0.6 is 0 Å². The van der Waals surface area contributed by atoms with Gasteiger partial charge in [-0.1, -0.05) is 0 Å². The summed E-state index contributed by atoms with van der Waals surface area (Å²) >= 11 is 0. The van der Waals surface area contributed by atoms with E-state index >= 15 is 0 Å². The van der Waals surface area contributed by atoms with E-state index in [4.69, 9.17) is 9.15 Å². The number of esters is 1. The summed E-state index contributed by atoms with van der Waals surface area (Å²) in [5.74, 6) is -0.625. The molecule has 0 fully saturated rings. The van der Waals surface area contributed by atoms with Gasteiger partial charge in [-0.15, -0.1) is 0 Å². The number of aromatic hydroxyl groups is 1. The highest BCUT2D eigenvalue weighted by Crippen LogP contribution is 2.22. The summed E-state index contributed by atoms with van der Waals surface area (Å²) in [5.41, 5.74) is 0.109. The molecule has 1 heterocycles. The molecular formula is C15H14O6. The lowest BCUT2D eigenvalue weighted by atomic mass is 10.1. The van der Waals surface area contributed by atoms with Crippen molar-refractivity contribution in [3.8, 4) is 5.75 Å². The van der Waals surface area contributed by atoms with E-state index in [2.05, 4.69) is 0 Å². The van der Waals surface area contributed by atoms with Crippen LogP contribution < -0.4 is 5.63 Å². The molecule has 0 saturated heterocycles. The molecular weight excluding hydrogens is 276 g/mol. The topological polar surface area (TPSA) is 93.8 Å². The number of phenolic OH excluding ortho intramolecular Hbond substituents is 1. The Labute approximate surface area is 119 Å². The summed E-state index contributed by atoms with van der Waals surface area (Å²) in [6.07, 6.45) is 0.139. The molecule has 1 aromatic heterocycles. The van der Waals surface area contributed by atoms with Crippen molar-refractivity contribution in [2.45, 2.75) is 26.4 Å². The van der Waals surface area contributed by atoms with Gasteiger partial charge in [-0.2, -0.15) is 0 Å². The highest BCUT2D eigenvalue weighted by Gasteiger charge is 2.10. The van der Waals surface area contributed by atoms with Gasteiger partial charge in [0.2, 0.25) is 0 Å². The van der Waals surface area contributed by atoms with Crippen molar-refractivity contribution in [3.05, 3.63) is 40.2 Å². The maximum Gasteiger partial charge on any atom is 0.336 e. The Morgan fingerprint density at radius 1 is 1.24 bits per heavy atom. The molecule has 2 aromatic rings. The quantitative estimate of drug-likeness (QED) is 0.667. The molecule has 1 N–H and O–H groups in total. The molecule has 2 rings (SSSR count). The number of carbonyl (C=O) groups is 2. The molecule has 1 aromatic carbocycles. The summed E-state index contributed by atoms with van der Waals surface area (Å²) < 4.78 is 10.0. The number of hydrogen-bond acceptors (Lipinski definition) is 6. The van der Waals surface area contributed by atoms with Gasteiger partial charge in [-0.25, -0.2) is 4.79 Å². The lowest BCUT2D eigenvalue weighted by molar-refractivity contribution is -0.145. The average Bonchev–Trinajstić information content (AvgIpc) is 2.41.